The van der Waals surface area contributed by atoms with Crippen molar-refractivity contribution in [2.45, 2.75) is 136 Å². The van der Waals surface area contributed by atoms with E-state index in [9.17, 15) is 4.89 Å². The lowest BCUT2D eigenvalue weighted by Crippen LogP contribution is -2.34. The third kappa shape index (κ3) is 4.96. The van der Waals surface area contributed by atoms with Crippen molar-refractivity contribution in [3.05, 3.63) is 57.6 Å². The fourth-order valence-corrected chi connectivity index (χ4v) is 7.39. The predicted molar refractivity (Wildman–Crippen MR) is 157 cm³/mol. The summed E-state index contributed by atoms with van der Waals surface area (Å²) < 4.78 is 13.2. The summed E-state index contributed by atoms with van der Waals surface area (Å²) >= 11 is 0. The minimum atomic E-state index is -2.20. The second-order valence-corrected chi connectivity index (χ2v) is 16.3. The molecule has 0 unspecified atom stereocenters. The molecule has 4 heteroatoms. The van der Waals surface area contributed by atoms with E-state index >= 15 is 0 Å². The largest absolute Gasteiger partial charge is 0.460 e. The Labute approximate surface area is 227 Å². The lowest BCUT2D eigenvalue weighted by Gasteiger charge is -2.43. The fraction of sp³-hybridized carbons (Fsp3) is 0.636. The summed E-state index contributed by atoms with van der Waals surface area (Å²) in [4.78, 5) is 11.5. The average molecular weight is 525 g/mol. The number of hydrogen-bond acceptors (Lipinski definition) is 3. The van der Waals surface area contributed by atoms with Crippen LogP contribution in [0.1, 0.15) is 142 Å². The first kappa shape index (κ1) is 28.4. The van der Waals surface area contributed by atoms with E-state index in [1.54, 1.807) is 0 Å². The van der Waals surface area contributed by atoms with Crippen LogP contribution in [0, 0.1) is 0 Å². The van der Waals surface area contributed by atoms with Gasteiger partial charge >= 0.3 is 8.60 Å². The molecule has 1 saturated carbocycles. The summed E-state index contributed by atoms with van der Waals surface area (Å²) in [7, 11) is -2.20. The Hall–Kier alpha value is -1.57. The minimum Gasteiger partial charge on any atom is -0.417 e. The molecule has 1 heterocycles. The van der Waals surface area contributed by atoms with Crippen molar-refractivity contribution in [2.75, 3.05) is 0 Å². The molecule has 204 valence electrons. The second kappa shape index (κ2) is 8.99. The first-order valence-electron chi connectivity index (χ1n) is 14.0. The zero-order chi connectivity index (χ0) is 27.8. The maximum absolute atomic E-state index is 11.5. The van der Waals surface area contributed by atoms with Crippen LogP contribution in [-0.4, -0.2) is 4.89 Å². The van der Waals surface area contributed by atoms with E-state index < -0.39 is 8.60 Å². The SMILES string of the molecule is CC(C)(C)c1ccc2c(C(C)(C)C)c1OP(O)Oc1c(C(C)(C)C)ccc(c1C(C)(C)C)C21CCCC1. The Morgan fingerprint density at radius 3 is 1.24 bits per heavy atom. The Morgan fingerprint density at radius 1 is 0.595 bits per heavy atom. The van der Waals surface area contributed by atoms with Crippen molar-refractivity contribution in [1.29, 1.82) is 0 Å². The summed E-state index contributed by atoms with van der Waals surface area (Å²) in [6.07, 6.45) is 4.62. The molecule has 1 N–H and O–H groups in total. The molecule has 1 spiro atoms. The quantitative estimate of drug-likeness (QED) is 0.349. The molecule has 0 atom stereocenters. The molecule has 3 nitrogen and oxygen atoms in total. The summed E-state index contributed by atoms with van der Waals surface area (Å²) in [6.45, 7) is 27.0. The highest BCUT2D eigenvalue weighted by atomic mass is 31.2. The van der Waals surface area contributed by atoms with E-state index in [4.69, 9.17) is 9.05 Å². The standard InChI is InChI=1S/C33H49O3P/c1-29(2,3)23-17-15-21-25(31(7,8)9)27(23)35-37(34)36-28-24(30(4,5)6)18-16-22(26(28)32(10,11)12)33(21)19-13-14-20-33/h15-18,34H,13-14,19-20H2,1-12H3. The Morgan fingerprint density at radius 2 is 0.946 bits per heavy atom. The van der Waals surface area contributed by atoms with Crippen LogP contribution < -0.4 is 9.05 Å². The molecule has 2 aromatic rings. The van der Waals surface area contributed by atoms with Crippen molar-refractivity contribution >= 4 is 8.60 Å². The van der Waals surface area contributed by atoms with Crippen molar-refractivity contribution in [1.82, 2.24) is 0 Å². The Kier molecular flexibility index (Phi) is 6.91. The molecule has 1 aliphatic heterocycles. The Bertz CT molecular complexity index is 1090. The molecule has 2 aliphatic rings. The van der Waals surface area contributed by atoms with Crippen LogP contribution >= 0.6 is 8.60 Å². The first-order chi connectivity index (χ1) is 16.8. The van der Waals surface area contributed by atoms with E-state index in [0.717, 1.165) is 35.5 Å². The highest BCUT2D eigenvalue weighted by Gasteiger charge is 2.47. The lowest BCUT2D eigenvalue weighted by atomic mass is 9.63. The summed E-state index contributed by atoms with van der Waals surface area (Å²) in [5.74, 6) is 1.63. The highest BCUT2D eigenvalue weighted by Crippen LogP contribution is 2.59. The maximum atomic E-state index is 11.5. The van der Waals surface area contributed by atoms with Gasteiger partial charge in [-0.15, -0.1) is 0 Å². The van der Waals surface area contributed by atoms with E-state index in [-0.39, 0.29) is 27.1 Å². The van der Waals surface area contributed by atoms with Crippen molar-refractivity contribution < 1.29 is 13.9 Å². The van der Waals surface area contributed by atoms with Crippen molar-refractivity contribution in [3.8, 4) is 11.5 Å². The van der Waals surface area contributed by atoms with Crippen LogP contribution in [0.15, 0.2) is 24.3 Å². The van der Waals surface area contributed by atoms with Gasteiger partial charge in [0.15, 0.2) is 0 Å². The second-order valence-electron chi connectivity index (χ2n) is 15.4. The van der Waals surface area contributed by atoms with Gasteiger partial charge in [0.1, 0.15) is 11.5 Å². The number of hydrogen-bond donors (Lipinski definition) is 1. The van der Waals surface area contributed by atoms with Gasteiger partial charge in [0, 0.05) is 27.7 Å². The van der Waals surface area contributed by atoms with Crippen LogP contribution in [0.2, 0.25) is 0 Å². The molecule has 4 bridgehead atoms. The van der Waals surface area contributed by atoms with Gasteiger partial charge in [-0.05, 0) is 45.6 Å². The molecule has 37 heavy (non-hydrogen) atoms. The molecule has 2 aromatic carbocycles. The molecular formula is C33H49O3P. The smallest absolute Gasteiger partial charge is 0.417 e. The van der Waals surface area contributed by atoms with Crippen LogP contribution in [0.5, 0.6) is 11.5 Å². The lowest BCUT2D eigenvalue weighted by molar-refractivity contribution is 0.352. The fourth-order valence-electron chi connectivity index (χ4n) is 6.66. The number of benzene rings is 2. The highest BCUT2D eigenvalue weighted by molar-refractivity contribution is 7.41. The molecule has 0 radical (unpaired) electrons. The predicted octanol–water partition coefficient (Wildman–Crippen LogP) is 9.73. The molecule has 0 amide bonds. The van der Waals surface area contributed by atoms with Crippen molar-refractivity contribution in [2.24, 2.45) is 0 Å². The monoisotopic (exact) mass is 524 g/mol. The normalized spacial score (nSPS) is 18.5. The summed E-state index contributed by atoms with van der Waals surface area (Å²) in [5, 5.41) is 0. The van der Waals surface area contributed by atoms with Crippen LogP contribution in [0.25, 0.3) is 0 Å². The van der Waals surface area contributed by atoms with E-state index in [2.05, 4.69) is 107 Å². The summed E-state index contributed by atoms with van der Waals surface area (Å²) in [5.41, 5.74) is 6.66. The van der Waals surface area contributed by atoms with E-state index in [1.807, 2.05) is 0 Å². The molecule has 0 saturated heterocycles. The topological polar surface area (TPSA) is 38.7 Å². The maximum Gasteiger partial charge on any atom is 0.460 e. The molecular weight excluding hydrogens is 475 g/mol. The van der Waals surface area contributed by atoms with Gasteiger partial charge < -0.3 is 13.9 Å². The number of fused-ring (bicyclic) bond motifs is 6. The molecule has 1 aliphatic carbocycles. The summed E-state index contributed by atoms with van der Waals surface area (Å²) in [6, 6.07) is 9.30. The van der Waals surface area contributed by atoms with Gasteiger partial charge in [0.2, 0.25) is 0 Å². The van der Waals surface area contributed by atoms with E-state index in [0.29, 0.717) is 0 Å². The zero-order valence-electron chi connectivity index (χ0n) is 25.3. The van der Waals surface area contributed by atoms with Crippen molar-refractivity contribution in [3.63, 3.8) is 0 Å². The van der Waals surface area contributed by atoms with Gasteiger partial charge in [-0.2, -0.15) is 0 Å². The third-order valence-electron chi connectivity index (χ3n) is 8.26. The van der Waals surface area contributed by atoms with Gasteiger partial charge in [-0.3, -0.25) is 0 Å². The Balaban J connectivity index is 2.23. The van der Waals surface area contributed by atoms with Gasteiger partial charge in [-0.1, -0.05) is 120 Å². The van der Waals surface area contributed by atoms with Gasteiger partial charge in [-0.25, -0.2) is 0 Å². The van der Waals surface area contributed by atoms with Crippen LogP contribution in [0.4, 0.5) is 0 Å². The molecule has 4 rings (SSSR count). The molecule has 1 fully saturated rings. The van der Waals surface area contributed by atoms with E-state index in [1.165, 1.54) is 35.1 Å². The number of rotatable bonds is 0. The van der Waals surface area contributed by atoms with Gasteiger partial charge in [0.05, 0.1) is 0 Å². The zero-order valence-corrected chi connectivity index (χ0v) is 26.2. The average Bonchev–Trinajstić information content (AvgIpc) is 3.19. The third-order valence-corrected chi connectivity index (χ3v) is 8.94. The minimum absolute atomic E-state index is 0.121. The van der Waals surface area contributed by atoms with Gasteiger partial charge in [0.25, 0.3) is 0 Å². The van der Waals surface area contributed by atoms with Crippen LogP contribution in [0.3, 0.4) is 0 Å². The molecule has 0 aromatic heterocycles. The first-order valence-corrected chi connectivity index (χ1v) is 15.1. The van der Waals surface area contributed by atoms with Crippen LogP contribution in [-0.2, 0) is 27.1 Å².